The van der Waals surface area contributed by atoms with Crippen LogP contribution in [-0.4, -0.2) is 52.5 Å². The number of amides is 1. The molecule has 11 nitrogen and oxygen atoms in total. The third-order valence-corrected chi connectivity index (χ3v) is 4.24. The highest BCUT2D eigenvalue weighted by Gasteiger charge is 2.20. The van der Waals surface area contributed by atoms with Crippen molar-refractivity contribution in [2.75, 3.05) is 26.6 Å². The first-order valence-corrected chi connectivity index (χ1v) is 8.41. The van der Waals surface area contributed by atoms with Gasteiger partial charge in [-0.2, -0.15) is 5.10 Å². The number of nitrogens with zero attached hydrogens (tertiary/aromatic N) is 4. The highest BCUT2D eigenvalue weighted by molar-refractivity contribution is 6.02. The Morgan fingerprint density at radius 1 is 1.14 bits per heavy atom. The number of hydrogen-bond donors (Lipinski definition) is 1. The molecule has 0 spiro atoms. The summed E-state index contributed by atoms with van der Waals surface area (Å²) in [5.41, 5.74) is 0.243. The number of anilines is 1. The largest absolute Gasteiger partial charge is 0.493 e. The van der Waals surface area contributed by atoms with Crippen molar-refractivity contribution >= 4 is 28.6 Å². The highest BCUT2D eigenvalue weighted by Crippen LogP contribution is 2.33. The SMILES string of the molecule is COC(=O)c1cc(OC)c(OC)cc1NC(=O)Cn1cnc2c(cnn2C)c1=O. The van der Waals surface area contributed by atoms with Crippen LogP contribution >= 0.6 is 0 Å². The van der Waals surface area contributed by atoms with Crippen LogP contribution < -0.4 is 20.3 Å². The molecule has 0 bridgehead atoms. The monoisotopic (exact) mass is 401 g/mol. The second-order valence-electron chi connectivity index (χ2n) is 5.98. The fourth-order valence-electron chi connectivity index (χ4n) is 2.78. The highest BCUT2D eigenvalue weighted by atomic mass is 16.5. The number of nitrogens with one attached hydrogen (secondary N) is 1. The predicted octanol–water partition coefficient (Wildman–Crippen LogP) is 0.572. The lowest BCUT2D eigenvalue weighted by Gasteiger charge is -2.15. The summed E-state index contributed by atoms with van der Waals surface area (Å²) in [6.07, 6.45) is 2.66. The van der Waals surface area contributed by atoms with Crippen LogP contribution in [0, 0.1) is 0 Å². The second kappa shape index (κ2) is 8.00. The van der Waals surface area contributed by atoms with Crippen LogP contribution in [0.3, 0.4) is 0 Å². The quantitative estimate of drug-likeness (QED) is 0.594. The molecule has 0 aliphatic heterocycles. The van der Waals surface area contributed by atoms with Crippen LogP contribution in [-0.2, 0) is 23.1 Å². The van der Waals surface area contributed by atoms with E-state index in [0.29, 0.717) is 22.5 Å². The fourth-order valence-corrected chi connectivity index (χ4v) is 2.78. The van der Waals surface area contributed by atoms with Gasteiger partial charge in [0.2, 0.25) is 5.91 Å². The number of hydrogen-bond acceptors (Lipinski definition) is 8. The van der Waals surface area contributed by atoms with Crippen LogP contribution in [0.15, 0.2) is 29.5 Å². The molecule has 2 aromatic heterocycles. The Morgan fingerprint density at radius 3 is 2.48 bits per heavy atom. The summed E-state index contributed by atoms with van der Waals surface area (Å²) in [4.78, 5) is 41.3. The van der Waals surface area contributed by atoms with Crippen molar-refractivity contribution in [1.29, 1.82) is 0 Å². The van der Waals surface area contributed by atoms with Gasteiger partial charge in [0.15, 0.2) is 17.1 Å². The molecule has 1 N–H and O–H groups in total. The van der Waals surface area contributed by atoms with Gasteiger partial charge in [-0.3, -0.25) is 18.8 Å². The molecule has 1 amide bonds. The first-order valence-electron chi connectivity index (χ1n) is 8.41. The number of esters is 1. The molecule has 11 heteroatoms. The maximum Gasteiger partial charge on any atom is 0.340 e. The number of methoxy groups -OCH3 is 3. The molecule has 0 aliphatic rings. The maximum absolute atomic E-state index is 12.5. The number of rotatable bonds is 6. The molecule has 0 saturated carbocycles. The number of aromatic nitrogens is 4. The molecule has 3 aromatic rings. The number of carbonyl (C=O) groups is 2. The van der Waals surface area contributed by atoms with Crippen molar-refractivity contribution in [2.24, 2.45) is 7.05 Å². The Hall–Kier alpha value is -3.89. The molecule has 0 atom stereocenters. The van der Waals surface area contributed by atoms with Gasteiger partial charge in [-0.05, 0) is 0 Å². The van der Waals surface area contributed by atoms with Crippen LogP contribution in [0.4, 0.5) is 5.69 Å². The number of aryl methyl sites for hydroxylation is 1. The van der Waals surface area contributed by atoms with E-state index in [1.165, 1.54) is 50.7 Å². The number of carbonyl (C=O) groups excluding carboxylic acids is 2. The smallest absolute Gasteiger partial charge is 0.340 e. The van der Waals surface area contributed by atoms with E-state index in [0.717, 1.165) is 4.57 Å². The Balaban J connectivity index is 1.91. The van der Waals surface area contributed by atoms with Gasteiger partial charge in [0, 0.05) is 19.2 Å². The third-order valence-electron chi connectivity index (χ3n) is 4.24. The molecule has 1 aromatic carbocycles. The first kappa shape index (κ1) is 19.9. The van der Waals surface area contributed by atoms with Gasteiger partial charge in [-0.15, -0.1) is 0 Å². The number of benzene rings is 1. The minimum atomic E-state index is -0.670. The zero-order valence-corrected chi connectivity index (χ0v) is 16.3. The van der Waals surface area contributed by atoms with Crippen molar-refractivity contribution in [3.8, 4) is 11.5 Å². The molecule has 2 heterocycles. The van der Waals surface area contributed by atoms with Gasteiger partial charge >= 0.3 is 5.97 Å². The molecule has 3 rings (SSSR count). The van der Waals surface area contributed by atoms with Crippen LogP contribution in [0.1, 0.15) is 10.4 Å². The average Bonchev–Trinajstić information content (AvgIpc) is 3.10. The van der Waals surface area contributed by atoms with Gasteiger partial charge in [-0.1, -0.05) is 0 Å². The summed E-state index contributed by atoms with van der Waals surface area (Å²) >= 11 is 0. The predicted molar refractivity (Wildman–Crippen MR) is 102 cm³/mol. The molecule has 0 aliphatic carbocycles. The molecule has 0 saturated heterocycles. The van der Waals surface area contributed by atoms with E-state index >= 15 is 0 Å². The third kappa shape index (κ3) is 3.74. The van der Waals surface area contributed by atoms with E-state index in [4.69, 9.17) is 14.2 Å². The Kier molecular flexibility index (Phi) is 5.48. The maximum atomic E-state index is 12.5. The summed E-state index contributed by atoms with van der Waals surface area (Å²) in [5, 5.41) is 6.88. The summed E-state index contributed by atoms with van der Waals surface area (Å²) in [7, 11) is 5.73. The lowest BCUT2D eigenvalue weighted by molar-refractivity contribution is -0.116. The molecule has 152 valence electrons. The molecule has 0 radical (unpaired) electrons. The van der Waals surface area contributed by atoms with Gasteiger partial charge in [0.1, 0.15) is 18.3 Å². The molecular formula is C18H19N5O6. The van der Waals surface area contributed by atoms with Crippen molar-refractivity contribution in [2.45, 2.75) is 6.54 Å². The Bertz CT molecular complexity index is 1150. The summed E-state index contributed by atoms with van der Waals surface area (Å²) in [6.45, 7) is -0.314. The zero-order chi connectivity index (χ0) is 21.1. The first-order chi connectivity index (χ1) is 13.9. The molecule has 0 fully saturated rings. The van der Waals surface area contributed by atoms with Crippen LogP contribution in [0.5, 0.6) is 11.5 Å². The van der Waals surface area contributed by atoms with E-state index in [1.807, 2.05) is 0 Å². The normalized spacial score (nSPS) is 10.6. The van der Waals surface area contributed by atoms with Crippen LogP contribution in [0.25, 0.3) is 11.0 Å². The average molecular weight is 401 g/mol. The molecule has 29 heavy (non-hydrogen) atoms. The van der Waals surface area contributed by atoms with Crippen molar-refractivity contribution in [3.63, 3.8) is 0 Å². The summed E-state index contributed by atoms with van der Waals surface area (Å²) in [6, 6.07) is 2.84. The topological polar surface area (TPSA) is 127 Å². The number of ether oxygens (including phenoxy) is 3. The van der Waals surface area contributed by atoms with E-state index in [-0.39, 0.29) is 17.8 Å². The van der Waals surface area contributed by atoms with E-state index in [2.05, 4.69) is 15.4 Å². The van der Waals surface area contributed by atoms with E-state index in [1.54, 1.807) is 7.05 Å². The lowest BCUT2D eigenvalue weighted by Crippen LogP contribution is -2.28. The van der Waals surface area contributed by atoms with E-state index in [9.17, 15) is 14.4 Å². The Morgan fingerprint density at radius 2 is 1.83 bits per heavy atom. The lowest BCUT2D eigenvalue weighted by atomic mass is 10.1. The van der Waals surface area contributed by atoms with Gasteiger partial charge in [0.25, 0.3) is 5.56 Å². The molecular weight excluding hydrogens is 382 g/mol. The standard InChI is InChI=1S/C18H19N5O6/c1-22-16-11(7-20-22)17(25)23(9-19-16)8-15(24)21-12-6-14(28-3)13(27-2)5-10(12)18(26)29-4/h5-7,9H,8H2,1-4H3,(H,21,24). The van der Waals surface area contributed by atoms with E-state index < -0.39 is 17.4 Å². The Labute approximate surface area is 164 Å². The van der Waals surface area contributed by atoms with Gasteiger partial charge in [0.05, 0.1) is 38.8 Å². The zero-order valence-electron chi connectivity index (χ0n) is 16.3. The van der Waals surface area contributed by atoms with Gasteiger partial charge < -0.3 is 19.5 Å². The van der Waals surface area contributed by atoms with Gasteiger partial charge in [-0.25, -0.2) is 9.78 Å². The fraction of sp³-hybridized carbons (Fsp3) is 0.278. The van der Waals surface area contributed by atoms with Crippen molar-refractivity contribution in [3.05, 3.63) is 40.6 Å². The summed E-state index contributed by atoms with van der Waals surface area (Å²) < 4.78 is 17.8. The summed E-state index contributed by atoms with van der Waals surface area (Å²) in [5.74, 6) is -0.606. The van der Waals surface area contributed by atoms with Crippen molar-refractivity contribution in [1.82, 2.24) is 19.3 Å². The van der Waals surface area contributed by atoms with Crippen LogP contribution in [0.2, 0.25) is 0 Å². The molecule has 0 unspecified atom stereocenters. The second-order valence-corrected chi connectivity index (χ2v) is 5.98. The minimum absolute atomic E-state index is 0.0756. The minimum Gasteiger partial charge on any atom is -0.493 e. The number of fused-ring (bicyclic) bond motifs is 1. The van der Waals surface area contributed by atoms with Crippen molar-refractivity contribution < 1.29 is 23.8 Å².